The molecule has 1 atom stereocenters. The zero-order valence-electron chi connectivity index (χ0n) is 15.4. The van der Waals surface area contributed by atoms with E-state index >= 15 is 0 Å². The minimum atomic E-state index is -0.238. The average Bonchev–Trinajstić information content (AvgIpc) is 3.03. The van der Waals surface area contributed by atoms with Crippen molar-refractivity contribution in [2.75, 3.05) is 31.8 Å². The highest BCUT2D eigenvalue weighted by Crippen LogP contribution is 2.36. The molecule has 26 heavy (non-hydrogen) atoms. The van der Waals surface area contributed by atoms with E-state index in [0.717, 1.165) is 62.2 Å². The summed E-state index contributed by atoms with van der Waals surface area (Å²) in [5, 5.41) is 9.41. The topological polar surface area (TPSA) is 62.2 Å². The van der Waals surface area contributed by atoms with Crippen LogP contribution in [0, 0.1) is 5.92 Å². The second-order valence-electron chi connectivity index (χ2n) is 7.71. The van der Waals surface area contributed by atoms with Crippen molar-refractivity contribution in [3.63, 3.8) is 0 Å². The number of aliphatic hydroxyl groups is 1. The highest BCUT2D eigenvalue weighted by atomic mass is 16.6. The summed E-state index contributed by atoms with van der Waals surface area (Å²) in [6.45, 7) is 2.55. The lowest BCUT2D eigenvalue weighted by Crippen LogP contribution is -2.44. The summed E-state index contributed by atoms with van der Waals surface area (Å²) in [4.78, 5) is 16.7. The van der Waals surface area contributed by atoms with Crippen molar-refractivity contribution in [3.05, 3.63) is 23.8 Å². The van der Waals surface area contributed by atoms with Crippen molar-refractivity contribution in [1.82, 2.24) is 4.90 Å². The fourth-order valence-electron chi connectivity index (χ4n) is 4.64. The molecule has 0 spiro atoms. The number of fused-ring (bicyclic) bond motifs is 3. The molecule has 6 heteroatoms. The number of hydrogen-bond donors (Lipinski definition) is 1. The minimum absolute atomic E-state index is 0.103. The Hall–Kier alpha value is -1.79. The van der Waals surface area contributed by atoms with E-state index in [0.29, 0.717) is 25.2 Å². The minimum Gasteiger partial charge on any atom is -0.497 e. The number of ether oxygens (including phenoxy) is 2. The van der Waals surface area contributed by atoms with Crippen molar-refractivity contribution in [3.8, 4) is 5.75 Å². The van der Waals surface area contributed by atoms with Gasteiger partial charge in [0.25, 0.3) is 0 Å². The molecule has 142 valence electrons. The zero-order chi connectivity index (χ0) is 18.1. The van der Waals surface area contributed by atoms with E-state index in [2.05, 4.69) is 11.0 Å². The first kappa shape index (κ1) is 17.6. The van der Waals surface area contributed by atoms with Gasteiger partial charge < -0.3 is 14.6 Å². The Bertz CT molecular complexity index is 657. The van der Waals surface area contributed by atoms with E-state index in [1.54, 1.807) is 7.11 Å². The van der Waals surface area contributed by atoms with Crippen LogP contribution in [0.5, 0.6) is 5.75 Å². The van der Waals surface area contributed by atoms with Gasteiger partial charge in [0.05, 0.1) is 18.8 Å². The highest BCUT2D eigenvalue weighted by molar-refractivity contribution is 5.91. The van der Waals surface area contributed by atoms with Gasteiger partial charge >= 0.3 is 6.09 Å². The maximum absolute atomic E-state index is 12.3. The number of nitrogens with zero attached hydrogens (tertiary/aromatic N) is 2. The van der Waals surface area contributed by atoms with Gasteiger partial charge in [-0.25, -0.2) is 4.79 Å². The second kappa shape index (κ2) is 7.45. The molecule has 1 N–H and O–H groups in total. The third kappa shape index (κ3) is 3.28. The summed E-state index contributed by atoms with van der Waals surface area (Å²) >= 11 is 0. The molecule has 6 nitrogen and oxygen atoms in total. The van der Waals surface area contributed by atoms with Gasteiger partial charge in [-0.3, -0.25) is 9.80 Å². The van der Waals surface area contributed by atoms with E-state index in [1.165, 1.54) is 0 Å². The van der Waals surface area contributed by atoms with Crippen LogP contribution >= 0.6 is 0 Å². The van der Waals surface area contributed by atoms with Crippen LogP contribution in [-0.2, 0) is 11.3 Å². The molecule has 2 aliphatic heterocycles. The largest absolute Gasteiger partial charge is 0.497 e. The van der Waals surface area contributed by atoms with Crippen LogP contribution in [-0.4, -0.2) is 55.1 Å². The van der Waals surface area contributed by atoms with Crippen molar-refractivity contribution in [2.24, 2.45) is 5.92 Å². The summed E-state index contributed by atoms with van der Waals surface area (Å²) in [5.41, 5.74) is 2.07. The van der Waals surface area contributed by atoms with Gasteiger partial charge in [0, 0.05) is 25.7 Å². The summed E-state index contributed by atoms with van der Waals surface area (Å²) in [6.07, 6.45) is 5.15. The third-order valence-corrected chi connectivity index (χ3v) is 6.22. The van der Waals surface area contributed by atoms with Gasteiger partial charge in [0.2, 0.25) is 0 Å². The van der Waals surface area contributed by atoms with Crippen LogP contribution in [0.3, 0.4) is 0 Å². The summed E-state index contributed by atoms with van der Waals surface area (Å²) in [5.74, 6) is 1.28. The number of hydrogen-bond acceptors (Lipinski definition) is 5. The third-order valence-electron chi connectivity index (χ3n) is 6.22. The average molecular weight is 360 g/mol. The Morgan fingerprint density at radius 3 is 2.73 bits per heavy atom. The lowest BCUT2D eigenvalue weighted by Gasteiger charge is -2.39. The molecular formula is C20H28N2O4. The Morgan fingerprint density at radius 2 is 2.00 bits per heavy atom. The van der Waals surface area contributed by atoms with Crippen LogP contribution in [0.25, 0.3) is 0 Å². The molecule has 2 fully saturated rings. The van der Waals surface area contributed by atoms with Crippen LogP contribution in [0.15, 0.2) is 18.2 Å². The first-order valence-corrected chi connectivity index (χ1v) is 9.67. The molecule has 1 aromatic carbocycles. The Balaban J connectivity index is 1.61. The molecule has 1 aliphatic carbocycles. The molecule has 0 bridgehead atoms. The molecule has 1 saturated carbocycles. The number of cyclic esters (lactones) is 1. The zero-order valence-corrected chi connectivity index (χ0v) is 15.4. The van der Waals surface area contributed by atoms with E-state index < -0.39 is 0 Å². The standard InChI is InChI=1S/C20H28N2O4/c1-25-18-6-7-19-15(10-18)11-21(16-4-2-14(12-23)3-5-16)9-8-17-13-26-20(24)22(17)19/h6-7,10,14,16-17,23H,2-5,8-9,11-13H2,1H3/t14?,16?,17-/m0/s1. The molecule has 4 rings (SSSR count). The van der Waals surface area contributed by atoms with Gasteiger partial charge in [0.15, 0.2) is 0 Å². The summed E-state index contributed by atoms with van der Waals surface area (Å²) in [6, 6.07) is 6.60. The number of rotatable bonds is 3. The van der Waals surface area contributed by atoms with Crippen LogP contribution < -0.4 is 9.64 Å². The molecule has 0 aromatic heterocycles. The maximum Gasteiger partial charge on any atom is 0.414 e. The van der Waals surface area contributed by atoms with Gasteiger partial charge in [-0.2, -0.15) is 0 Å². The maximum atomic E-state index is 12.3. The lowest BCUT2D eigenvalue weighted by atomic mass is 9.85. The molecule has 1 aromatic rings. The van der Waals surface area contributed by atoms with Crippen molar-refractivity contribution < 1.29 is 19.4 Å². The number of anilines is 1. The molecule has 0 unspecified atom stereocenters. The molecule has 3 aliphatic rings. The monoisotopic (exact) mass is 360 g/mol. The van der Waals surface area contributed by atoms with Crippen molar-refractivity contribution >= 4 is 11.8 Å². The predicted octanol–water partition coefficient (Wildman–Crippen LogP) is 2.78. The number of methoxy groups -OCH3 is 1. The predicted molar refractivity (Wildman–Crippen MR) is 98.5 cm³/mol. The molecular weight excluding hydrogens is 332 g/mol. The van der Waals surface area contributed by atoms with E-state index in [4.69, 9.17) is 9.47 Å². The van der Waals surface area contributed by atoms with E-state index in [1.807, 2.05) is 17.0 Å². The molecule has 1 amide bonds. The Morgan fingerprint density at radius 1 is 1.19 bits per heavy atom. The van der Waals surface area contributed by atoms with E-state index in [9.17, 15) is 9.90 Å². The number of aliphatic hydroxyl groups excluding tert-OH is 1. The number of carbonyl (C=O) groups excluding carboxylic acids is 1. The first-order valence-electron chi connectivity index (χ1n) is 9.67. The summed E-state index contributed by atoms with van der Waals surface area (Å²) in [7, 11) is 1.67. The smallest absolute Gasteiger partial charge is 0.414 e. The summed E-state index contributed by atoms with van der Waals surface area (Å²) < 4.78 is 10.8. The van der Waals surface area contributed by atoms with E-state index in [-0.39, 0.29) is 12.1 Å². The number of amides is 1. The molecule has 0 radical (unpaired) electrons. The fourth-order valence-corrected chi connectivity index (χ4v) is 4.64. The second-order valence-corrected chi connectivity index (χ2v) is 7.71. The van der Waals surface area contributed by atoms with Crippen LogP contribution in [0.4, 0.5) is 10.5 Å². The Labute approximate surface area is 154 Å². The quantitative estimate of drug-likeness (QED) is 0.898. The Kier molecular flexibility index (Phi) is 5.05. The molecule has 1 saturated heterocycles. The highest BCUT2D eigenvalue weighted by Gasteiger charge is 2.38. The van der Waals surface area contributed by atoms with Crippen LogP contribution in [0.2, 0.25) is 0 Å². The first-order chi connectivity index (χ1) is 12.7. The van der Waals surface area contributed by atoms with Gasteiger partial charge in [-0.05, 0) is 61.8 Å². The molecule has 2 heterocycles. The normalized spacial score (nSPS) is 29.4. The lowest BCUT2D eigenvalue weighted by molar-refractivity contribution is 0.101. The van der Waals surface area contributed by atoms with Gasteiger partial charge in [0.1, 0.15) is 12.4 Å². The van der Waals surface area contributed by atoms with Crippen molar-refractivity contribution in [2.45, 2.75) is 50.7 Å². The van der Waals surface area contributed by atoms with Crippen LogP contribution in [0.1, 0.15) is 37.7 Å². The van der Waals surface area contributed by atoms with Crippen molar-refractivity contribution in [1.29, 1.82) is 0 Å². The number of benzene rings is 1. The number of carbonyl (C=O) groups is 1. The van der Waals surface area contributed by atoms with Gasteiger partial charge in [-0.1, -0.05) is 0 Å². The van der Waals surface area contributed by atoms with Gasteiger partial charge in [-0.15, -0.1) is 0 Å². The SMILES string of the molecule is COc1ccc2c(c1)CN(C1CCC(CO)CC1)CC[C@H]1COC(=O)N21. The fraction of sp³-hybridized carbons (Fsp3) is 0.650.